The van der Waals surface area contributed by atoms with Gasteiger partial charge in [0.15, 0.2) is 0 Å². The largest absolute Gasteiger partial charge is 0.497 e. The molecule has 0 unspecified atom stereocenters. The molecule has 2 aromatic carbocycles. The summed E-state index contributed by atoms with van der Waals surface area (Å²) in [4.78, 5) is 15.4. The number of benzene rings is 2. The van der Waals surface area contributed by atoms with Gasteiger partial charge in [0.2, 0.25) is 5.91 Å². The van der Waals surface area contributed by atoms with E-state index in [0.717, 1.165) is 37.6 Å². The van der Waals surface area contributed by atoms with E-state index in [1.807, 2.05) is 56.3 Å². The second kappa shape index (κ2) is 9.22. The summed E-state index contributed by atoms with van der Waals surface area (Å²) in [5, 5.41) is 3.19. The number of carbonyl (C=O) groups is 1. The molecule has 1 N–H and O–H groups in total. The lowest BCUT2D eigenvalue weighted by molar-refractivity contribution is -0.126. The lowest BCUT2D eigenvalue weighted by Crippen LogP contribution is -2.47. The van der Waals surface area contributed by atoms with Crippen LogP contribution in [-0.4, -0.2) is 50.8 Å². The van der Waals surface area contributed by atoms with Crippen LogP contribution in [-0.2, 0) is 14.9 Å². The first kappa shape index (κ1) is 20.4. The predicted molar refractivity (Wildman–Crippen MR) is 111 cm³/mol. The molecule has 1 aliphatic heterocycles. The number of methoxy groups -OCH3 is 1. The number of rotatable bonds is 7. The zero-order valence-electron chi connectivity index (χ0n) is 17.0. The molecule has 1 atom stereocenters. The van der Waals surface area contributed by atoms with E-state index in [2.05, 4.69) is 22.3 Å². The van der Waals surface area contributed by atoms with Crippen LogP contribution in [0.15, 0.2) is 54.6 Å². The van der Waals surface area contributed by atoms with Crippen molar-refractivity contribution in [2.75, 3.05) is 40.0 Å². The molecule has 1 amide bonds. The first-order valence-electron chi connectivity index (χ1n) is 9.82. The van der Waals surface area contributed by atoms with E-state index in [9.17, 15) is 4.79 Å². The number of ether oxygens (including phenoxy) is 2. The third kappa shape index (κ3) is 4.72. The van der Waals surface area contributed by atoms with Crippen LogP contribution in [0.5, 0.6) is 5.75 Å². The lowest BCUT2D eigenvalue weighted by atomic mass is 9.83. The van der Waals surface area contributed by atoms with Crippen molar-refractivity contribution in [3.63, 3.8) is 0 Å². The Labute approximate surface area is 167 Å². The fourth-order valence-corrected chi connectivity index (χ4v) is 3.57. The van der Waals surface area contributed by atoms with Crippen molar-refractivity contribution < 1.29 is 14.3 Å². The van der Waals surface area contributed by atoms with Crippen LogP contribution in [0.3, 0.4) is 0 Å². The Balaban J connectivity index is 1.74. The Bertz CT molecular complexity index is 753. The van der Waals surface area contributed by atoms with Gasteiger partial charge in [0.1, 0.15) is 5.75 Å². The smallest absolute Gasteiger partial charge is 0.230 e. The molecule has 0 aliphatic carbocycles. The SMILES string of the molecule is COc1ccc([C@H](CNC(=O)C(C)(C)c2ccccc2)N2CCOCC2)cc1. The number of amides is 1. The van der Waals surface area contributed by atoms with E-state index in [4.69, 9.17) is 9.47 Å². The highest BCUT2D eigenvalue weighted by Crippen LogP contribution is 2.26. The summed E-state index contributed by atoms with van der Waals surface area (Å²) < 4.78 is 10.8. The van der Waals surface area contributed by atoms with E-state index in [1.165, 1.54) is 5.56 Å². The molecule has 0 aromatic heterocycles. The van der Waals surface area contributed by atoms with Gasteiger partial charge in [-0.25, -0.2) is 0 Å². The van der Waals surface area contributed by atoms with E-state index in [-0.39, 0.29) is 11.9 Å². The number of carbonyl (C=O) groups excluding carboxylic acids is 1. The van der Waals surface area contributed by atoms with Gasteiger partial charge < -0.3 is 14.8 Å². The summed E-state index contributed by atoms with van der Waals surface area (Å²) in [6.07, 6.45) is 0. The summed E-state index contributed by atoms with van der Waals surface area (Å²) in [6, 6.07) is 18.1. The number of nitrogens with zero attached hydrogens (tertiary/aromatic N) is 1. The molecule has 3 rings (SSSR count). The van der Waals surface area contributed by atoms with Crippen LogP contribution < -0.4 is 10.1 Å². The molecule has 5 nitrogen and oxygen atoms in total. The molecule has 0 bridgehead atoms. The molecule has 5 heteroatoms. The predicted octanol–water partition coefficient (Wildman–Crippen LogP) is 3.16. The van der Waals surface area contributed by atoms with E-state index < -0.39 is 5.41 Å². The Morgan fingerprint density at radius 1 is 1.11 bits per heavy atom. The van der Waals surface area contributed by atoms with Crippen LogP contribution in [0.4, 0.5) is 0 Å². The first-order chi connectivity index (χ1) is 13.5. The van der Waals surface area contributed by atoms with Crippen molar-refractivity contribution in [2.24, 2.45) is 0 Å². The lowest BCUT2D eigenvalue weighted by Gasteiger charge is -2.35. The van der Waals surface area contributed by atoms with Crippen molar-refractivity contribution in [1.82, 2.24) is 10.2 Å². The van der Waals surface area contributed by atoms with E-state index in [0.29, 0.717) is 6.54 Å². The molecule has 28 heavy (non-hydrogen) atoms. The molecule has 0 spiro atoms. The Morgan fingerprint density at radius 3 is 2.36 bits per heavy atom. The van der Waals surface area contributed by atoms with Crippen LogP contribution in [0.1, 0.15) is 31.0 Å². The van der Waals surface area contributed by atoms with Crippen molar-refractivity contribution in [2.45, 2.75) is 25.3 Å². The molecule has 0 radical (unpaired) electrons. The zero-order valence-corrected chi connectivity index (χ0v) is 17.0. The van der Waals surface area contributed by atoms with Crippen LogP contribution in [0.2, 0.25) is 0 Å². The van der Waals surface area contributed by atoms with Gasteiger partial charge in [-0.2, -0.15) is 0 Å². The third-order valence-corrected chi connectivity index (χ3v) is 5.51. The summed E-state index contributed by atoms with van der Waals surface area (Å²) in [7, 11) is 1.67. The average molecular weight is 383 g/mol. The minimum Gasteiger partial charge on any atom is -0.497 e. The van der Waals surface area contributed by atoms with Crippen molar-refractivity contribution >= 4 is 5.91 Å². The maximum atomic E-state index is 13.0. The monoisotopic (exact) mass is 382 g/mol. The molecule has 1 heterocycles. The van der Waals surface area contributed by atoms with Crippen LogP contribution in [0, 0.1) is 0 Å². The first-order valence-corrected chi connectivity index (χ1v) is 9.82. The Kier molecular flexibility index (Phi) is 6.70. The van der Waals surface area contributed by atoms with E-state index >= 15 is 0 Å². The third-order valence-electron chi connectivity index (χ3n) is 5.51. The normalized spacial score (nSPS) is 16.4. The molecule has 0 saturated carbocycles. The molecule has 1 fully saturated rings. The highest BCUT2D eigenvalue weighted by molar-refractivity contribution is 5.87. The summed E-state index contributed by atoms with van der Waals surface area (Å²) in [5.41, 5.74) is 1.59. The number of morpholine rings is 1. The Hall–Kier alpha value is -2.37. The summed E-state index contributed by atoms with van der Waals surface area (Å²) in [6.45, 7) is 7.64. The topological polar surface area (TPSA) is 50.8 Å². The van der Waals surface area contributed by atoms with Gasteiger partial charge in [-0.05, 0) is 37.1 Å². The fourth-order valence-electron chi connectivity index (χ4n) is 3.57. The molecule has 2 aromatic rings. The quantitative estimate of drug-likeness (QED) is 0.799. The van der Waals surface area contributed by atoms with Crippen molar-refractivity contribution in [1.29, 1.82) is 0 Å². The van der Waals surface area contributed by atoms with Gasteiger partial charge in [0.05, 0.1) is 31.8 Å². The molecule has 1 aliphatic rings. The maximum Gasteiger partial charge on any atom is 0.230 e. The number of hydrogen-bond acceptors (Lipinski definition) is 4. The zero-order chi connectivity index (χ0) is 20.0. The molecular formula is C23H30N2O3. The van der Waals surface area contributed by atoms with Crippen molar-refractivity contribution in [3.05, 3.63) is 65.7 Å². The van der Waals surface area contributed by atoms with Gasteiger partial charge >= 0.3 is 0 Å². The van der Waals surface area contributed by atoms with Crippen LogP contribution >= 0.6 is 0 Å². The minimum atomic E-state index is -0.587. The van der Waals surface area contributed by atoms with E-state index in [1.54, 1.807) is 7.11 Å². The average Bonchev–Trinajstić information content (AvgIpc) is 2.75. The van der Waals surface area contributed by atoms with Gasteiger partial charge in [0, 0.05) is 19.6 Å². The minimum absolute atomic E-state index is 0.0328. The van der Waals surface area contributed by atoms with Crippen molar-refractivity contribution in [3.8, 4) is 5.75 Å². The van der Waals surface area contributed by atoms with Gasteiger partial charge in [-0.3, -0.25) is 9.69 Å². The second-order valence-corrected chi connectivity index (χ2v) is 7.64. The van der Waals surface area contributed by atoms with Gasteiger partial charge in [-0.15, -0.1) is 0 Å². The standard InChI is InChI=1S/C23H30N2O3/c1-23(2,19-7-5-4-6-8-19)22(26)24-17-21(25-13-15-28-16-14-25)18-9-11-20(27-3)12-10-18/h4-12,21H,13-17H2,1-3H3,(H,24,26)/t21-/m0/s1. The summed E-state index contributed by atoms with van der Waals surface area (Å²) >= 11 is 0. The fraction of sp³-hybridized carbons (Fsp3) is 0.435. The number of nitrogens with one attached hydrogen (secondary N) is 1. The molecule has 1 saturated heterocycles. The van der Waals surface area contributed by atoms with Gasteiger partial charge in [-0.1, -0.05) is 42.5 Å². The summed E-state index contributed by atoms with van der Waals surface area (Å²) in [5.74, 6) is 0.865. The second-order valence-electron chi connectivity index (χ2n) is 7.64. The molecular weight excluding hydrogens is 352 g/mol. The van der Waals surface area contributed by atoms with Gasteiger partial charge in [0.25, 0.3) is 0 Å². The maximum absolute atomic E-state index is 13.0. The number of hydrogen-bond donors (Lipinski definition) is 1. The Morgan fingerprint density at radius 2 is 1.75 bits per heavy atom. The molecule has 150 valence electrons. The highest BCUT2D eigenvalue weighted by Gasteiger charge is 2.31. The highest BCUT2D eigenvalue weighted by atomic mass is 16.5. The van der Waals surface area contributed by atoms with Crippen LogP contribution in [0.25, 0.3) is 0 Å².